The normalized spacial score (nSPS) is 11.3. The molecule has 0 atom stereocenters. The Morgan fingerprint density at radius 1 is 1.24 bits per heavy atom. The van der Waals surface area contributed by atoms with Gasteiger partial charge >= 0.3 is 0 Å². The molecule has 0 spiro atoms. The van der Waals surface area contributed by atoms with E-state index >= 15 is 0 Å². The average molecular weight is 337 g/mol. The van der Waals surface area contributed by atoms with E-state index in [1.165, 1.54) is 12.0 Å². The third-order valence-corrected chi connectivity index (χ3v) is 5.53. The molecule has 0 aliphatic rings. The van der Waals surface area contributed by atoms with E-state index in [9.17, 15) is 4.79 Å². The van der Waals surface area contributed by atoms with E-state index in [-0.39, 0.29) is 5.43 Å². The molecule has 0 amide bonds. The molecule has 0 saturated heterocycles. The molecule has 0 aliphatic carbocycles. The van der Waals surface area contributed by atoms with Gasteiger partial charge in [0, 0.05) is 22.1 Å². The second-order valence-electron chi connectivity index (χ2n) is 4.58. The van der Waals surface area contributed by atoms with Crippen molar-refractivity contribution in [2.45, 2.75) is 18.2 Å². The minimum atomic E-state index is -0.0118. The molecule has 2 nitrogen and oxygen atoms in total. The number of hydrogen-bond acceptors (Lipinski definition) is 4. The molecule has 0 bridgehead atoms. The zero-order chi connectivity index (χ0) is 14.8. The van der Waals surface area contributed by atoms with Crippen LogP contribution in [-0.4, -0.2) is 6.61 Å². The number of hydrogen-bond donors (Lipinski definition) is 0. The number of fused-ring (bicyclic) bond motifs is 2. The Balaban J connectivity index is 2.27. The second kappa shape index (κ2) is 6.36. The Kier molecular flexibility index (Phi) is 4.50. The van der Waals surface area contributed by atoms with Gasteiger partial charge < -0.3 is 4.18 Å². The fraction of sp³-hybridized carbons (Fsp3) is 0.188. The lowest BCUT2D eigenvalue weighted by Gasteiger charge is -2.08. The first-order valence-electron chi connectivity index (χ1n) is 6.66. The van der Waals surface area contributed by atoms with Gasteiger partial charge in [-0.25, -0.2) is 0 Å². The van der Waals surface area contributed by atoms with Crippen LogP contribution in [0.3, 0.4) is 0 Å². The molecule has 5 heteroatoms. The summed E-state index contributed by atoms with van der Waals surface area (Å²) in [5.41, 5.74) is -0.0118. The Morgan fingerprint density at radius 3 is 2.86 bits per heavy atom. The van der Waals surface area contributed by atoms with Crippen molar-refractivity contribution >= 4 is 55.2 Å². The largest absolute Gasteiger partial charge is 0.310 e. The number of rotatable bonds is 4. The van der Waals surface area contributed by atoms with E-state index in [2.05, 4.69) is 6.92 Å². The van der Waals surface area contributed by atoms with Crippen LogP contribution in [0.1, 0.15) is 13.3 Å². The smallest absolute Gasteiger partial charge is 0.197 e. The van der Waals surface area contributed by atoms with Crippen molar-refractivity contribution < 1.29 is 4.18 Å². The van der Waals surface area contributed by atoms with Crippen molar-refractivity contribution in [3.05, 3.63) is 51.6 Å². The summed E-state index contributed by atoms with van der Waals surface area (Å²) in [6.45, 7) is 2.74. The quantitative estimate of drug-likeness (QED) is 0.357. The summed E-state index contributed by atoms with van der Waals surface area (Å²) in [5.74, 6) is 0. The van der Waals surface area contributed by atoms with Crippen LogP contribution in [0.2, 0.25) is 5.02 Å². The van der Waals surface area contributed by atoms with E-state index < -0.39 is 0 Å². The Hall–Kier alpha value is -1.07. The van der Waals surface area contributed by atoms with Crippen molar-refractivity contribution in [3.8, 4) is 0 Å². The van der Waals surface area contributed by atoms with Gasteiger partial charge in [-0.3, -0.25) is 4.79 Å². The average Bonchev–Trinajstić information content (AvgIpc) is 2.50. The molecule has 0 unspecified atom stereocenters. The van der Waals surface area contributed by atoms with Gasteiger partial charge in [0.1, 0.15) is 0 Å². The molecule has 0 radical (unpaired) electrons. The molecule has 0 fully saturated rings. The first kappa shape index (κ1) is 14.9. The lowest BCUT2D eigenvalue weighted by Crippen LogP contribution is -2.02. The molecule has 108 valence electrons. The molecule has 3 rings (SSSR count). The van der Waals surface area contributed by atoms with Gasteiger partial charge in [-0.2, -0.15) is 0 Å². The van der Waals surface area contributed by atoms with E-state index in [4.69, 9.17) is 15.8 Å². The van der Waals surface area contributed by atoms with Crippen molar-refractivity contribution in [2.75, 3.05) is 6.61 Å². The Morgan fingerprint density at radius 2 is 2.05 bits per heavy atom. The summed E-state index contributed by atoms with van der Waals surface area (Å²) in [5, 5.41) is 1.80. The summed E-state index contributed by atoms with van der Waals surface area (Å²) in [7, 11) is 0. The predicted molar refractivity (Wildman–Crippen MR) is 92.7 cm³/mol. The zero-order valence-electron chi connectivity index (χ0n) is 11.4. The van der Waals surface area contributed by atoms with E-state index in [1.54, 1.807) is 17.4 Å². The van der Waals surface area contributed by atoms with Crippen LogP contribution < -0.4 is 5.43 Å². The summed E-state index contributed by atoms with van der Waals surface area (Å²) < 4.78 is 7.41. The van der Waals surface area contributed by atoms with Crippen LogP contribution in [0.25, 0.3) is 20.2 Å². The Bertz CT molecular complexity index is 858. The lowest BCUT2D eigenvalue weighted by atomic mass is 10.2. The lowest BCUT2D eigenvalue weighted by molar-refractivity contribution is 0.373. The Labute approximate surface area is 135 Å². The molecular formula is C16H13ClO2S2. The maximum Gasteiger partial charge on any atom is 0.197 e. The molecule has 1 aromatic heterocycles. The van der Waals surface area contributed by atoms with Gasteiger partial charge in [-0.05, 0) is 30.7 Å². The third-order valence-electron chi connectivity index (χ3n) is 3.08. The highest BCUT2D eigenvalue weighted by molar-refractivity contribution is 7.95. The minimum Gasteiger partial charge on any atom is -0.310 e. The van der Waals surface area contributed by atoms with E-state index in [1.807, 2.05) is 30.3 Å². The highest BCUT2D eigenvalue weighted by atomic mass is 35.5. The summed E-state index contributed by atoms with van der Waals surface area (Å²) in [4.78, 5) is 13.6. The third kappa shape index (κ3) is 2.81. The van der Waals surface area contributed by atoms with E-state index in [0.29, 0.717) is 22.4 Å². The molecule has 3 aromatic rings. The van der Waals surface area contributed by atoms with Crippen molar-refractivity contribution in [2.24, 2.45) is 0 Å². The fourth-order valence-electron chi connectivity index (χ4n) is 2.09. The van der Waals surface area contributed by atoms with Crippen LogP contribution in [-0.2, 0) is 4.18 Å². The molecular weight excluding hydrogens is 324 g/mol. The molecule has 2 aromatic carbocycles. The first-order chi connectivity index (χ1) is 10.2. The SMILES string of the molecule is CCCOSc1ccc(Cl)c2c(=O)c3ccccc3sc12. The fourth-order valence-corrected chi connectivity index (χ4v) is 4.41. The first-order valence-corrected chi connectivity index (χ1v) is 8.59. The van der Waals surface area contributed by atoms with Gasteiger partial charge in [0.05, 0.1) is 26.6 Å². The van der Waals surface area contributed by atoms with Crippen molar-refractivity contribution in [3.63, 3.8) is 0 Å². The maximum atomic E-state index is 12.7. The maximum absolute atomic E-state index is 12.7. The van der Waals surface area contributed by atoms with Gasteiger partial charge in [0.15, 0.2) is 5.43 Å². The highest BCUT2D eigenvalue weighted by Gasteiger charge is 2.13. The van der Waals surface area contributed by atoms with Crippen LogP contribution >= 0.6 is 35.0 Å². The topological polar surface area (TPSA) is 26.3 Å². The van der Waals surface area contributed by atoms with Gasteiger partial charge in [-0.15, -0.1) is 11.3 Å². The van der Waals surface area contributed by atoms with Crippen LogP contribution in [0.5, 0.6) is 0 Å². The number of benzene rings is 2. The van der Waals surface area contributed by atoms with Crippen molar-refractivity contribution in [1.82, 2.24) is 0 Å². The van der Waals surface area contributed by atoms with Crippen LogP contribution in [0.4, 0.5) is 0 Å². The van der Waals surface area contributed by atoms with Crippen LogP contribution in [0, 0.1) is 0 Å². The molecule has 0 aliphatic heterocycles. The van der Waals surface area contributed by atoms with Crippen molar-refractivity contribution in [1.29, 1.82) is 0 Å². The minimum absolute atomic E-state index is 0.0118. The number of halogens is 1. The monoisotopic (exact) mass is 336 g/mol. The van der Waals surface area contributed by atoms with Gasteiger partial charge in [0.2, 0.25) is 0 Å². The summed E-state index contributed by atoms with van der Waals surface area (Å²) >= 11 is 9.14. The molecule has 21 heavy (non-hydrogen) atoms. The predicted octanol–water partition coefficient (Wildman–Crippen LogP) is 5.50. The molecule has 1 heterocycles. The zero-order valence-corrected chi connectivity index (χ0v) is 13.8. The molecule has 0 saturated carbocycles. The van der Waals surface area contributed by atoms with E-state index in [0.717, 1.165) is 20.7 Å². The summed E-state index contributed by atoms with van der Waals surface area (Å²) in [6.07, 6.45) is 0.956. The highest BCUT2D eigenvalue weighted by Crippen LogP contribution is 2.36. The standard InChI is InChI=1S/C16H13ClO2S2/c1-2-9-19-21-13-8-7-11(17)14-15(18)10-5-3-4-6-12(10)20-16(13)14/h3-8H,2,9H2,1H3. The second-order valence-corrected chi connectivity index (χ2v) is 6.88. The van der Waals surface area contributed by atoms with Gasteiger partial charge in [-0.1, -0.05) is 30.7 Å². The molecule has 0 N–H and O–H groups in total. The van der Waals surface area contributed by atoms with Crippen LogP contribution in [0.15, 0.2) is 46.1 Å². The summed E-state index contributed by atoms with van der Waals surface area (Å²) in [6, 6.07) is 11.3. The van der Waals surface area contributed by atoms with Gasteiger partial charge in [0.25, 0.3) is 0 Å².